The highest BCUT2D eigenvalue weighted by atomic mass is 32.2. The molecule has 10 heteroatoms. The number of hydrogen-bond donors (Lipinski definition) is 1. The van der Waals surface area contributed by atoms with Crippen molar-refractivity contribution in [2.45, 2.75) is 36.7 Å². The number of aliphatic carboxylic acids is 1. The van der Waals surface area contributed by atoms with E-state index in [1.165, 1.54) is 31.1 Å². The molecule has 0 saturated heterocycles. The average Bonchev–Trinajstić information content (AvgIpc) is 3.43. The first-order valence-electron chi connectivity index (χ1n) is 8.45. The molecule has 1 aliphatic heterocycles. The second-order valence-electron chi connectivity index (χ2n) is 6.54. The first kappa shape index (κ1) is 19.3. The van der Waals surface area contributed by atoms with Crippen LogP contribution in [0.5, 0.6) is 0 Å². The fourth-order valence-corrected chi connectivity index (χ4v) is 4.66. The van der Waals surface area contributed by atoms with E-state index in [1.807, 2.05) is 0 Å². The number of methoxy groups -OCH3 is 1. The van der Waals surface area contributed by atoms with Gasteiger partial charge in [0.2, 0.25) is 0 Å². The Morgan fingerprint density at radius 1 is 1.37 bits per heavy atom. The zero-order valence-electron chi connectivity index (χ0n) is 14.9. The largest absolute Gasteiger partial charge is 0.480 e. The maximum Gasteiger partial charge on any atom is 0.326 e. The van der Waals surface area contributed by atoms with Crippen molar-refractivity contribution in [2.24, 2.45) is 0 Å². The summed E-state index contributed by atoms with van der Waals surface area (Å²) in [6.45, 7) is 1.34. The van der Waals surface area contributed by atoms with Crippen LogP contribution in [0.25, 0.3) is 0 Å². The molecular formula is C17H20N2O7S. The van der Waals surface area contributed by atoms with Gasteiger partial charge in [-0.05, 0) is 38.0 Å². The van der Waals surface area contributed by atoms with Crippen LogP contribution in [0.2, 0.25) is 0 Å². The molecule has 1 aliphatic carbocycles. The molecule has 1 N–H and O–H groups in total. The van der Waals surface area contributed by atoms with Crippen LogP contribution < -0.4 is 0 Å². The van der Waals surface area contributed by atoms with Crippen molar-refractivity contribution in [1.82, 2.24) is 9.21 Å². The topological polar surface area (TPSA) is 121 Å². The third-order valence-electron chi connectivity index (χ3n) is 4.70. The minimum Gasteiger partial charge on any atom is -0.480 e. The molecule has 3 rings (SSSR count). The summed E-state index contributed by atoms with van der Waals surface area (Å²) < 4.78 is 30.9. The van der Waals surface area contributed by atoms with Crippen LogP contribution in [0.4, 0.5) is 0 Å². The predicted molar refractivity (Wildman–Crippen MR) is 92.8 cm³/mol. The molecule has 2 aliphatic rings. The van der Waals surface area contributed by atoms with Crippen molar-refractivity contribution < 1.29 is 32.6 Å². The number of rotatable bonds is 7. The van der Waals surface area contributed by atoms with Crippen LogP contribution in [0.15, 0.2) is 23.1 Å². The lowest BCUT2D eigenvalue weighted by Gasteiger charge is -2.26. The maximum atomic E-state index is 12.9. The minimum atomic E-state index is -4.07. The Hall–Kier alpha value is -2.46. The molecule has 1 unspecified atom stereocenters. The van der Waals surface area contributed by atoms with Gasteiger partial charge in [0.15, 0.2) is 0 Å². The lowest BCUT2D eigenvalue weighted by Crippen LogP contribution is -2.44. The number of carboxylic acid groups (broad SMARTS) is 1. The molecular weight excluding hydrogens is 376 g/mol. The molecule has 9 nitrogen and oxygen atoms in total. The van der Waals surface area contributed by atoms with E-state index in [4.69, 9.17) is 4.74 Å². The first-order valence-corrected chi connectivity index (χ1v) is 9.89. The van der Waals surface area contributed by atoms with Crippen molar-refractivity contribution in [3.05, 3.63) is 29.3 Å². The van der Waals surface area contributed by atoms with Gasteiger partial charge in [0.1, 0.15) is 10.9 Å². The Balaban J connectivity index is 1.96. The number of benzene rings is 1. The molecule has 1 aromatic carbocycles. The number of carboxylic acids is 1. The van der Waals surface area contributed by atoms with Crippen LogP contribution >= 0.6 is 0 Å². The number of hydrogen-bond acceptors (Lipinski definition) is 6. The van der Waals surface area contributed by atoms with Crippen molar-refractivity contribution >= 4 is 27.8 Å². The van der Waals surface area contributed by atoms with Crippen molar-refractivity contribution in [3.63, 3.8) is 0 Å². The number of sulfonamides is 1. The number of carbonyl (C=O) groups excluding carboxylic acids is 2. The van der Waals surface area contributed by atoms with E-state index < -0.39 is 33.8 Å². The highest BCUT2D eigenvalue weighted by molar-refractivity contribution is 7.90. The Morgan fingerprint density at radius 2 is 2.04 bits per heavy atom. The molecule has 1 heterocycles. The molecule has 1 aromatic rings. The number of ether oxygens (including phenoxy) is 1. The lowest BCUT2D eigenvalue weighted by atomic mass is 10.1. The number of amides is 2. The van der Waals surface area contributed by atoms with Crippen LogP contribution in [-0.4, -0.2) is 72.9 Å². The Bertz CT molecular complexity index is 908. The van der Waals surface area contributed by atoms with Crippen LogP contribution in [0.3, 0.4) is 0 Å². The number of nitrogens with zero attached hydrogens (tertiary/aromatic N) is 2. The second kappa shape index (κ2) is 6.93. The number of fused-ring (bicyclic) bond motifs is 1. The quantitative estimate of drug-likeness (QED) is 0.714. The Morgan fingerprint density at radius 3 is 2.59 bits per heavy atom. The third kappa shape index (κ3) is 3.30. The summed E-state index contributed by atoms with van der Waals surface area (Å²) in [6.07, 6.45) is 1.41. The van der Waals surface area contributed by atoms with E-state index in [0.29, 0.717) is 17.1 Å². The van der Waals surface area contributed by atoms with E-state index in [-0.39, 0.29) is 35.2 Å². The molecule has 0 bridgehead atoms. The van der Waals surface area contributed by atoms with Gasteiger partial charge in [-0.3, -0.25) is 9.59 Å². The fraction of sp³-hybridized carbons (Fsp3) is 0.471. The van der Waals surface area contributed by atoms with E-state index in [2.05, 4.69) is 0 Å². The van der Waals surface area contributed by atoms with Gasteiger partial charge >= 0.3 is 5.97 Å². The molecule has 0 spiro atoms. The van der Waals surface area contributed by atoms with E-state index in [9.17, 15) is 27.9 Å². The fourth-order valence-electron chi connectivity index (χ4n) is 3.08. The molecule has 146 valence electrons. The van der Waals surface area contributed by atoms with Gasteiger partial charge in [-0.2, -0.15) is 0 Å². The Kier molecular flexibility index (Phi) is 4.96. The summed E-state index contributed by atoms with van der Waals surface area (Å²) in [4.78, 5) is 37.6. The van der Waals surface area contributed by atoms with Crippen LogP contribution in [0.1, 0.15) is 40.5 Å². The second-order valence-corrected chi connectivity index (χ2v) is 8.37. The zero-order valence-corrected chi connectivity index (χ0v) is 15.7. The van der Waals surface area contributed by atoms with E-state index >= 15 is 0 Å². The van der Waals surface area contributed by atoms with Crippen LogP contribution in [-0.2, 0) is 19.6 Å². The monoisotopic (exact) mass is 396 g/mol. The van der Waals surface area contributed by atoms with Gasteiger partial charge in [0.25, 0.3) is 21.8 Å². The summed E-state index contributed by atoms with van der Waals surface area (Å²) in [5.41, 5.74) is 0.0330. The van der Waals surface area contributed by atoms with Crippen LogP contribution in [0, 0.1) is 0 Å². The lowest BCUT2D eigenvalue weighted by molar-refractivity contribution is -0.141. The minimum absolute atomic E-state index is 0.00749. The normalized spacial score (nSPS) is 18.9. The summed E-state index contributed by atoms with van der Waals surface area (Å²) in [5, 5.41) is 9.26. The molecule has 0 radical (unpaired) electrons. The first-order chi connectivity index (χ1) is 12.7. The maximum absolute atomic E-state index is 12.9. The summed E-state index contributed by atoms with van der Waals surface area (Å²) in [6, 6.07) is 2.61. The molecule has 27 heavy (non-hydrogen) atoms. The predicted octanol–water partition coefficient (Wildman–Crippen LogP) is 0.555. The van der Waals surface area contributed by atoms with E-state index in [1.54, 1.807) is 0 Å². The van der Waals surface area contributed by atoms with Gasteiger partial charge in [-0.15, -0.1) is 0 Å². The summed E-state index contributed by atoms with van der Waals surface area (Å²) in [5.74, 6) is -2.36. The standard InChI is InChI=1S/C17H20N2O7S/c1-10(17(22)23)19(12-4-5-12)15(20)11-3-6-13-14(9-11)27(24,25)18(16(13)21)7-8-26-2/h3,6,9-10,12H,4-5,7-8H2,1-2H3,(H,22,23). The molecule has 2 amide bonds. The summed E-state index contributed by atoms with van der Waals surface area (Å²) >= 11 is 0. The van der Waals surface area contributed by atoms with Gasteiger partial charge < -0.3 is 14.7 Å². The smallest absolute Gasteiger partial charge is 0.326 e. The SMILES string of the molecule is COCCN1C(=O)c2ccc(C(=O)N(C3CC3)C(C)C(=O)O)cc2S1(=O)=O. The zero-order chi connectivity index (χ0) is 19.9. The van der Waals surface area contributed by atoms with Gasteiger partial charge in [0.05, 0.1) is 18.7 Å². The van der Waals surface area contributed by atoms with Crippen molar-refractivity contribution in [1.29, 1.82) is 0 Å². The molecule has 0 aromatic heterocycles. The van der Waals surface area contributed by atoms with Gasteiger partial charge in [-0.25, -0.2) is 17.5 Å². The number of carbonyl (C=O) groups is 3. The highest BCUT2D eigenvalue weighted by Gasteiger charge is 2.43. The Labute approximate surface area is 156 Å². The highest BCUT2D eigenvalue weighted by Crippen LogP contribution is 2.34. The summed E-state index contributed by atoms with van der Waals surface area (Å²) in [7, 11) is -2.68. The molecule has 1 fully saturated rings. The van der Waals surface area contributed by atoms with Gasteiger partial charge in [-0.1, -0.05) is 0 Å². The third-order valence-corrected chi connectivity index (χ3v) is 6.52. The van der Waals surface area contributed by atoms with E-state index in [0.717, 1.165) is 6.07 Å². The average molecular weight is 396 g/mol. The molecule has 1 saturated carbocycles. The van der Waals surface area contributed by atoms with Crippen molar-refractivity contribution in [2.75, 3.05) is 20.3 Å². The van der Waals surface area contributed by atoms with Crippen molar-refractivity contribution in [3.8, 4) is 0 Å². The van der Waals surface area contributed by atoms with Gasteiger partial charge in [0, 0.05) is 18.7 Å². The molecule has 1 atom stereocenters.